The monoisotopic (exact) mass is 494 g/mol. The number of aliphatic hydroxyl groups excluding tert-OH is 1. The molecule has 2 heterocycles. The van der Waals surface area contributed by atoms with Crippen LogP contribution in [0.3, 0.4) is 0 Å². The number of aromatic nitrogens is 3. The molecule has 4 aromatic carbocycles. The van der Waals surface area contributed by atoms with E-state index in [0.717, 1.165) is 44.0 Å². The minimum atomic E-state index is -0.638. The van der Waals surface area contributed by atoms with Gasteiger partial charge in [0.15, 0.2) is 0 Å². The Kier molecular flexibility index (Phi) is 5.56. The number of nitrogens with zero attached hydrogens (tertiary/aromatic N) is 4. The lowest BCUT2D eigenvalue weighted by Gasteiger charge is -2.31. The van der Waals surface area contributed by atoms with E-state index in [0.29, 0.717) is 13.0 Å². The second-order valence-corrected chi connectivity index (χ2v) is 9.83. The zero-order valence-electron chi connectivity index (χ0n) is 20.8. The van der Waals surface area contributed by atoms with Crippen molar-refractivity contribution in [2.45, 2.75) is 19.1 Å². The van der Waals surface area contributed by atoms with Crippen molar-refractivity contribution in [3.8, 4) is 0 Å². The van der Waals surface area contributed by atoms with Gasteiger partial charge >= 0.3 is 0 Å². The van der Waals surface area contributed by atoms with E-state index in [9.17, 15) is 5.11 Å². The van der Waals surface area contributed by atoms with E-state index < -0.39 is 6.10 Å². The molecule has 0 bridgehead atoms. The first kappa shape index (κ1) is 22.6. The van der Waals surface area contributed by atoms with Crippen molar-refractivity contribution in [3.63, 3.8) is 0 Å². The first-order valence-electron chi connectivity index (χ1n) is 13.0. The third-order valence-corrected chi connectivity index (χ3v) is 7.46. The maximum atomic E-state index is 11.5. The first-order valence-corrected chi connectivity index (χ1v) is 13.0. The van der Waals surface area contributed by atoms with Crippen LogP contribution in [-0.2, 0) is 6.54 Å². The van der Waals surface area contributed by atoms with Gasteiger partial charge in [0.1, 0.15) is 5.52 Å². The molecule has 5 nitrogen and oxygen atoms in total. The SMILES string of the molecule is OC(CC1C(c2ccccc2)=C(c2ccccc2)C=C2N=c3ccccc3=C21)Cn1nnc2ccccc21. The Labute approximate surface area is 220 Å². The summed E-state index contributed by atoms with van der Waals surface area (Å²) in [6, 6.07) is 37.2. The number of para-hydroxylation sites is 2. The molecule has 0 amide bonds. The summed E-state index contributed by atoms with van der Waals surface area (Å²) >= 11 is 0. The topological polar surface area (TPSA) is 63.3 Å². The molecule has 0 spiro atoms. The quantitative estimate of drug-likeness (QED) is 0.369. The van der Waals surface area contributed by atoms with Gasteiger partial charge < -0.3 is 5.11 Å². The van der Waals surface area contributed by atoms with Crippen LogP contribution in [0.1, 0.15) is 17.5 Å². The van der Waals surface area contributed by atoms with E-state index in [1.165, 1.54) is 11.1 Å². The molecule has 5 heteroatoms. The molecule has 184 valence electrons. The van der Waals surface area contributed by atoms with Gasteiger partial charge in [0.2, 0.25) is 0 Å². The maximum Gasteiger partial charge on any atom is 0.113 e. The van der Waals surface area contributed by atoms with Gasteiger partial charge in [0.05, 0.1) is 29.2 Å². The molecule has 38 heavy (non-hydrogen) atoms. The lowest BCUT2D eigenvalue weighted by molar-refractivity contribution is 0.135. The second-order valence-electron chi connectivity index (χ2n) is 9.83. The van der Waals surface area contributed by atoms with Crippen molar-refractivity contribution in [1.29, 1.82) is 0 Å². The summed E-state index contributed by atoms with van der Waals surface area (Å²) in [5, 5.41) is 22.3. The van der Waals surface area contributed by atoms with Crippen LogP contribution in [0.25, 0.3) is 27.8 Å². The fourth-order valence-electron chi connectivity index (χ4n) is 5.81. The predicted octanol–water partition coefficient (Wildman–Crippen LogP) is 4.79. The highest BCUT2D eigenvalue weighted by Gasteiger charge is 2.34. The fraction of sp³-hybridized carbons (Fsp3) is 0.121. The minimum absolute atomic E-state index is 0.0511. The Morgan fingerprint density at radius 1 is 0.737 bits per heavy atom. The van der Waals surface area contributed by atoms with Crippen LogP contribution in [0.5, 0.6) is 0 Å². The summed E-state index contributed by atoms with van der Waals surface area (Å²) in [6.45, 7) is 0.366. The van der Waals surface area contributed by atoms with Gasteiger partial charge in [-0.25, -0.2) is 9.67 Å². The number of fused-ring (bicyclic) bond motifs is 3. The van der Waals surface area contributed by atoms with Crippen LogP contribution in [-0.4, -0.2) is 26.2 Å². The van der Waals surface area contributed by atoms with Crippen molar-refractivity contribution in [1.82, 2.24) is 15.0 Å². The molecule has 0 radical (unpaired) electrons. The van der Waals surface area contributed by atoms with E-state index in [1.807, 2.05) is 42.5 Å². The molecular formula is C33H26N4O. The molecule has 1 aliphatic carbocycles. The molecule has 1 N–H and O–H groups in total. The number of rotatable bonds is 6. The van der Waals surface area contributed by atoms with E-state index in [4.69, 9.17) is 4.99 Å². The van der Waals surface area contributed by atoms with Gasteiger partial charge in [-0.1, -0.05) is 96.2 Å². The molecule has 1 aliphatic heterocycles. The van der Waals surface area contributed by atoms with Crippen molar-refractivity contribution >= 4 is 27.8 Å². The Balaban J connectivity index is 1.39. The third-order valence-electron chi connectivity index (χ3n) is 7.46. The van der Waals surface area contributed by atoms with Crippen LogP contribution in [0, 0.1) is 5.92 Å². The summed E-state index contributed by atoms with van der Waals surface area (Å²) in [5.74, 6) is -0.0511. The number of allylic oxidation sites excluding steroid dienone is 4. The van der Waals surface area contributed by atoms with Crippen LogP contribution < -0.4 is 10.6 Å². The molecule has 1 aromatic heterocycles. The Bertz CT molecular complexity index is 1830. The van der Waals surface area contributed by atoms with Crippen molar-refractivity contribution in [3.05, 3.63) is 143 Å². The van der Waals surface area contributed by atoms with E-state index >= 15 is 0 Å². The summed E-state index contributed by atoms with van der Waals surface area (Å²) in [6.07, 6.45) is 2.12. The molecule has 0 fully saturated rings. The standard InChI is InChI=1S/C33H26N4O/c38-24(21-37-31-18-10-9-17-29(31)35-36-37)19-27-32(23-13-5-2-6-14-23)26(22-11-3-1-4-12-22)20-30-33(27)25-15-7-8-16-28(25)34-30/h1-18,20,24,27,38H,19,21H2. The first-order chi connectivity index (χ1) is 18.8. The van der Waals surface area contributed by atoms with Gasteiger partial charge in [0.25, 0.3) is 0 Å². The van der Waals surface area contributed by atoms with Gasteiger partial charge in [-0.15, -0.1) is 5.10 Å². The van der Waals surface area contributed by atoms with Gasteiger partial charge in [0, 0.05) is 11.1 Å². The zero-order valence-corrected chi connectivity index (χ0v) is 20.8. The fourth-order valence-corrected chi connectivity index (χ4v) is 5.81. The van der Waals surface area contributed by atoms with Crippen LogP contribution >= 0.6 is 0 Å². The van der Waals surface area contributed by atoms with E-state index in [2.05, 4.69) is 83.1 Å². The second kappa shape index (κ2) is 9.36. The molecule has 0 saturated heterocycles. The molecule has 2 aliphatic rings. The van der Waals surface area contributed by atoms with Gasteiger partial charge in [-0.3, -0.25) is 0 Å². The zero-order chi connectivity index (χ0) is 25.5. The summed E-state index contributed by atoms with van der Waals surface area (Å²) in [4.78, 5) is 5.03. The highest BCUT2D eigenvalue weighted by molar-refractivity contribution is 6.04. The average Bonchev–Trinajstić information content (AvgIpc) is 3.55. The van der Waals surface area contributed by atoms with Crippen LogP contribution in [0.15, 0.2) is 126 Å². The van der Waals surface area contributed by atoms with Crippen LogP contribution in [0.4, 0.5) is 0 Å². The average molecular weight is 495 g/mol. The summed E-state index contributed by atoms with van der Waals surface area (Å²) < 4.78 is 1.81. The smallest absolute Gasteiger partial charge is 0.113 e. The summed E-state index contributed by atoms with van der Waals surface area (Å²) in [5.41, 5.74) is 8.58. The Hall–Kier alpha value is -4.61. The molecule has 2 atom stereocenters. The molecule has 0 saturated carbocycles. The van der Waals surface area contributed by atoms with Crippen LogP contribution in [0.2, 0.25) is 0 Å². The highest BCUT2D eigenvalue weighted by Crippen LogP contribution is 2.47. The Morgan fingerprint density at radius 2 is 1.42 bits per heavy atom. The normalized spacial score (nSPS) is 17.1. The van der Waals surface area contributed by atoms with Gasteiger partial charge in [-0.05, 0) is 58.5 Å². The number of hydrogen-bond donors (Lipinski definition) is 1. The molecule has 2 unspecified atom stereocenters. The van der Waals surface area contributed by atoms with Crippen molar-refractivity contribution < 1.29 is 5.11 Å². The third kappa shape index (κ3) is 3.88. The molecular weight excluding hydrogens is 468 g/mol. The van der Waals surface area contributed by atoms with E-state index in [-0.39, 0.29) is 5.92 Å². The minimum Gasteiger partial charge on any atom is -0.391 e. The molecule has 5 aromatic rings. The predicted molar refractivity (Wildman–Crippen MR) is 150 cm³/mol. The number of benzene rings is 4. The largest absolute Gasteiger partial charge is 0.391 e. The lowest BCUT2D eigenvalue weighted by atomic mass is 9.74. The summed E-state index contributed by atoms with van der Waals surface area (Å²) in [7, 11) is 0. The van der Waals surface area contributed by atoms with Crippen molar-refractivity contribution in [2.75, 3.05) is 0 Å². The van der Waals surface area contributed by atoms with Crippen molar-refractivity contribution in [2.24, 2.45) is 10.9 Å². The highest BCUT2D eigenvalue weighted by atomic mass is 16.3. The number of aliphatic hydroxyl groups is 1. The Morgan fingerprint density at radius 3 is 2.24 bits per heavy atom. The number of hydrogen-bond acceptors (Lipinski definition) is 4. The maximum absolute atomic E-state index is 11.5. The van der Waals surface area contributed by atoms with Gasteiger partial charge in [-0.2, -0.15) is 0 Å². The lowest BCUT2D eigenvalue weighted by Crippen LogP contribution is -2.28. The molecule has 7 rings (SSSR count). The van der Waals surface area contributed by atoms with E-state index in [1.54, 1.807) is 4.68 Å².